The van der Waals surface area contributed by atoms with Gasteiger partial charge >= 0.3 is 0 Å². The third-order valence-electron chi connectivity index (χ3n) is 3.29. The highest BCUT2D eigenvalue weighted by Gasteiger charge is 2.31. The zero-order chi connectivity index (χ0) is 11.5. The number of morpholine rings is 1. The van der Waals surface area contributed by atoms with Crippen molar-refractivity contribution >= 4 is 5.91 Å². The van der Waals surface area contributed by atoms with Crippen LogP contribution in [-0.2, 0) is 9.53 Å². The zero-order valence-corrected chi connectivity index (χ0v) is 9.69. The van der Waals surface area contributed by atoms with Crippen molar-refractivity contribution in [3.05, 3.63) is 0 Å². The first-order valence-corrected chi connectivity index (χ1v) is 5.97. The van der Waals surface area contributed by atoms with Crippen LogP contribution in [-0.4, -0.2) is 60.4 Å². The number of amides is 1. The van der Waals surface area contributed by atoms with Gasteiger partial charge in [-0.15, -0.1) is 0 Å². The van der Waals surface area contributed by atoms with Crippen LogP contribution in [0.15, 0.2) is 0 Å². The van der Waals surface area contributed by atoms with Gasteiger partial charge in [-0.1, -0.05) is 0 Å². The lowest BCUT2D eigenvalue weighted by Crippen LogP contribution is -2.54. The number of hydrogen-bond acceptors (Lipinski definition) is 4. The van der Waals surface area contributed by atoms with Crippen LogP contribution in [0.2, 0.25) is 0 Å². The van der Waals surface area contributed by atoms with Gasteiger partial charge in [0.1, 0.15) is 0 Å². The number of carbonyl (C=O) groups excluding carboxylic acids is 1. The molecule has 1 aliphatic carbocycles. The smallest absolute Gasteiger partial charge is 0.239 e. The summed E-state index contributed by atoms with van der Waals surface area (Å²) in [6.07, 6.45) is 1.35. The molecule has 0 spiro atoms. The van der Waals surface area contributed by atoms with Gasteiger partial charge in [-0.3, -0.25) is 4.79 Å². The largest absolute Gasteiger partial charge is 0.393 e. The van der Waals surface area contributed by atoms with Crippen molar-refractivity contribution in [1.82, 2.24) is 10.2 Å². The van der Waals surface area contributed by atoms with Crippen LogP contribution >= 0.6 is 0 Å². The second-order valence-electron chi connectivity index (χ2n) is 4.65. The molecule has 2 N–H and O–H groups in total. The Hall–Kier alpha value is -0.650. The predicted octanol–water partition coefficient (Wildman–Crippen LogP) is -0.653. The Morgan fingerprint density at radius 2 is 2.06 bits per heavy atom. The van der Waals surface area contributed by atoms with E-state index < -0.39 is 0 Å². The maximum absolute atomic E-state index is 12.0. The summed E-state index contributed by atoms with van der Waals surface area (Å²) in [7, 11) is 0. The lowest BCUT2D eigenvalue weighted by Gasteiger charge is -2.36. The first kappa shape index (κ1) is 11.8. The standard InChI is InChI=1S/C11H20N2O3/c1-8(12-9-6-10(14)7-9)11(15)13-2-4-16-5-3-13/h8-10,12,14H,2-7H2,1H3. The van der Waals surface area contributed by atoms with E-state index in [2.05, 4.69) is 5.32 Å². The van der Waals surface area contributed by atoms with E-state index >= 15 is 0 Å². The first-order chi connectivity index (χ1) is 7.66. The van der Waals surface area contributed by atoms with E-state index in [0.29, 0.717) is 32.3 Å². The average Bonchev–Trinajstić information content (AvgIpc) is 2.27. The molecule has 2 rings (SSSR count). The Balaban J connectivity index is 1.74. The number of carbonyl (C=O) groups is 1. The van der Waals surface area contributed by atoms with Gasteiger partial charge < -0.3 is 20.1 Å². The minimum absolute atomic E-state index is 0.143. The molecule has 0 bridgehead atoms. The average molecular weight is 228 g/mol. The summed E-state index contributed by atoms with van der Waals surface area (Å²) < 4.78 is 5.21. The first-order valence-electron chi connectivity index (χ1n) is 5.97. The van der Waals surface area contributed by atoms with Gasteiger partial charge in [-0.2, -0.15) is 0 Å². The molecule has 1 amide bonds. The van der Waals surface area contributed by atoms with Gasteiger partial charge in [0.25, 0.3) is 0 Å². The Bertz CT molecular complexity index is 248. The minimum atomic E-state index is -0.178. The van der Waals surface area contributed by atoms with E-state index in [1.54, 1.807) is 0 Å². The molecule has 1 saturated carbocycles. The molecule has 2 fully saturated rings. The van der Waals surface area contributed by atoms with Crippen molar-refractivity contribution in [3.8, 4) is 0 Å². The summed E-state index contributed by atoms with van der Waals surface area (Å²) in [4.78, 5) is 13.8. The Morgan fingerprint density at radius 3 is 2.62 bits per heavy atom. The maximum Gasteiger partial charge on any atom is 0.239 e. The maximum atomic E-state index is 12.0. The molecule has 2 aliphatic rings. The van der Waals surface area contributed by atoms with Gasteiger partial charge in [-0.25, -0.2) is 0 Å². The molecule has 5 heteroatoms. The SMILES string of the molecule is CC(NC1CC(O)C1)C(=O)N1CCOCC1. The molecular weight excluding hydrogens is 208 g/mol. The quantitative estimate of drug-likeness (QED) is 0.673. The van der Waals surface area contributed by atoms with Crippen LogP contribution < -0.4 is 5.32 Å². The Kier molecular flexibility index (Phi) is 3.78. The molecule has 0 aromatic heterocycles. The van der Waals surface area contributed by atoms with Gasteiger partial charge in [0, 0.05) is 19.1 Å². The molecule has 5 nitrogen and oxygen atoms in total. The molecule has 1 aliphatic heterocycles. The molecule has 0 aromatic rings. The second kappa shape index (κ2) is 5.12. The number of aliphatic hydroxyl groups excluding tert-OH is 1. The molecule has 1 heterocycles. The van der Waals surface area contributed by atoms with Crippen LogP contribution in [0.25, 0.3) is 0 Å². The summed E-state index contributed by atoms with van der Waals surface area (Å²) in [5.41, 5.74) is 0. The monoisotopic (exact) mass is 228 g/mol. The van der Waals surface area contributed by atoms with Gasteiger partial charge in [-0.05, 0) is 19.8 Å². The Labute approximate surface area is 95.8 Å². The molecule has 1 saturated heterocycles. The van der Waals surface area contributed by atoms with Gasteiger partial charge in [0.15, 0.2) is 0 Å². The van der Waals surface area contributed by atoms with Crippen molar-refractivity contribution in [1.29, 1.82) is 0 Å². The molecule has 92 valence electrons. The number of nitrogens with one attached hydrogen (secondary N) is 1. The van der Waals surface area contributed by atoms with Crippen LogP contribution in [0.4, 0.5) is 0 Å². The molecule has 0 aromatic carbocycles. The van der Waals surface area contributed by atoms with Crippen LogP contribution in [0, 0.1) is 0 Å². The third kappa shape index (κ3) is 2.72. The summed E-state index contributed by atoms with van der Waals surface area (Å²) in [5, 5.41) is 12.4. The van der Waals surface area contributed by atoms with Crippen LogP contribution in [0.1, 0.15) is 19.8 Å². The fourth-order valence-corrected chi connectivity index (χ4v) is 2.21. The summed E-state index contributed by atoms with van der Waals surface area (Å²) >= 11 is 0. The van der Waals surface area contributed by atoms with Gasteiger partial charge in [0.05, 0.1) is 25.4 Å². The van der Waals surface area contributed by atoms with Crippen LogP contribution in [0.5, 0.6) is 0 Å². The number of nitrogens with zero attached hydrogens (tertiary/aromatic N) is 1. The molecule has 0 radical (unpaired) electrons. The molecule has 1 unspecified atom stereocenters. The highest BCUT2D eigenvalue weighted by Crippen LogP contribution is 2.20. The van der Waals surface area contributed by atoms with Crippen molar-refractivity contribution in [3.63, 3.8) is 0 Å². The number of aliphatic hydroxyl groups is 1. The third-order valence-corrected chi connectivity index (χ3v) is 3.29. The second-order valence-corrected chi connectivity index (χ2v) is 4.65. The number of hydrogen-bond donors (Lipinski definition) is 2. The van der Waals surface area contributed by atoms with Crippen molar-refractivity contribution in [2.24, 2.45) is 0 Å². The molecule has 1 atom stereocenters. The van der Waals surface area contributed by atoms with Crippen molar-refractivity contribution < 1.29 is 14.6 Å². The topological polar surface area (TPSA) is 61.8 Å². The van der Waals surface area contributed by atoms with E-state index in [9.17, 15) is 4.79 Å². The lowest BCUT2D eigenvalue weighted by atomic mass is 9.89. The van der Waals surface area contributed by atoms with E-state index in [-0.39, 0.29) is 18.1 Å². The zero-order valence-electron chi connectivity index (χ0n) is 9.69. The fraction of sp³-hybridized carbons (Fsp3) is 0.909. The lowest BCUT2D eigenvalue weighted by molar-refractivity contribution is -0.137. The number of ether oxygens (including phenoxy) is 1. The highest BCUT2D eigenvalue weighted by atomic mass is 16.5. The fourth-order valence-electron chi connectivity index (χ4n) is 2.21. The summed E-state index contributed by atoms with van der Waals surface area (Å²) in [5.74, 6) is 0.143. The van der Waals surface area contributed by atoms with Crippen molar-refractivity contribution in [2.45, 2.75) is 38.0 Å². The van der Waals surface area contributed by atoms with Crippen molar-refractivity contribution in [2.75, 3.05) is 26.3 Å². The number of rotatable bonds is 3. The summed E-state index contributed by atoms with van der Waals surface area (Å²) in [6, 6.07) is 0.144. The van der Waals surface area contributed by atoms with E-state index in [0.717, 1.165) is 12.8 Å². The van der Waals surface area contributed by atoms with E-state index in [4.69, 9.17) is 9.84 Å². The highest BCUT2D eigenvalue weighted by molar-refractivity contribution is 5.81. The van der Waals surface area contributed by atoms with E-state index in [1.807, 2.05) is 11.8 Å². The van der Waals surface area contributed by atoms with E-state index in [1.165, 1.54) is 0 Å². The minimum Gasteiger partial charge on any atom is -0.393 e. The molecule has 16 heavy (non-hydrogen) atoms. The van der Waals surface area contributed by atoms with Gasteiger partial charge in [0.2, 0.25) is 5.91 Å². The normalized spacial score (nSPS) is 32.0. The Morgan fingerprint density at radius 1 is 1.44 bits per heavy atom. The van der Waals surface area contributed by atoms with Crippen LogP contribution in [0.3, 0.4) is 0 Å². The predicted molar refractivity (Wildman–Crippen MR) is 59.0 cm³/mol. The summed E-state index contributed by atoms with van der Waals surface area (Å²) in [6.45, 7) is 4.56. The molecular formula is C11H20N2O3.